The van der Waals surface area contributed by atoms with E-state index in [1.54, 1.807) is 11.3 Å². The van der Waals surface area contributed by atoms with Gasteiger partial charge < -0.3 is 5.73 Å². The molecule has 2 heterocycles. The van der Waals surface area contributed by atoms with Gasteiger partial charge in [0.25, 0.3) is 0 Å². The van der Waals surface area contributed by atoms with E-state index < -0.39 is 0 Å². The number of nitrogen functional groups attached to an aromatic ring is 1. The molecule has 1 saturated heterocycles. The summed E-state index contributed by atoms with van der Waals surface area (Å²) >= 11 is 1.60. The number of hydrogen-bond donors (Lipinski definition) is 1. The lowest BCUT2D eigenvalue weighted by atomic mass is 10.2. The van der Waals surface area contributed by atoms with Crippen molar-refractivity contribution in [1.29, 1.82) is 0 Å². The van der Waals surface area contributed by atoms with Gasteiger partial charge in [-0.1, -0.05) is 0 Å². The largest absolute Gasteiger partial charge is 0.375 e. The Morgan fingerprint density at radius 1 is 1.50 bits per heavy atom. The molecule has 1 aromatic heterocycles. The second-order valence-electron chi connectivity index (χ2n) is 4.11. The Balaban J connectivity index is 2.03. The fourth-order valence-electron chi connectivity index (χ4n) is 2.14. The molecule has 0 saturated carbocycles. The third-order valence-corrected chi connectivity index (χ3v) is 3.86. The first-order chi connectivity index (χ1) is 6.66. The Kier molecular flexibility index (Phi) is 2.74. The lowest BCUT2D eigenvalue weighted by molar-refractivity contribution is 0.207. The third-order valence-electron chi connectivity index (χ3n) is 3.04. The van der Waals surface area contributed by atoms with Gasteiger partial charge in [-0.05, 0) is 26.7 Å². The minimum Gasteiger partial charge on any atom is -0.375 e. The van der Waals surface area contributed by atoms with Crippen molar-refractivity contribution in [2.75, 3.05) is 5.73 Å². The molecule has 78 valence electrons. The summed E-state index contributed by atoms with van der Waals surface area (Å²) in [6.45, 7) is 5.61. The van der Waals surface area contributed by atoms with Crippen LogP contribution < -0.4 is 5.73 Å². The average Bonchev–Trinajstić information content (AvgIpc) is 2.67. The van der Waals surface area contributed by atoms with Gasteiger partial charge in [-0.25, -0.2) is 4.98 Å². The predicted molar refractivity (Wildman–Crippen MR) is 60.2 cm³/mol. The highest BCUT2D eigenvalue weighted by Gasteiger charge is 2.27. The molecule has 14 heavy (non-hydrogen) atoms. The summed E-state index contributed by atoms with van der Waals surface area (Å²) in [7, 11) is 0. The first-order valence-corrected chi connectivity index (χ1v) is 5.94. The van der Waals surface area contributed by atoms with Crippen molar-refractivity contribution in [3.63, 3.8) is 0 Å². The van der Waals surface area contributed by atoms with Gasteiger partial charge in [0, 0.05) is 29.7 Å². The van der Waals surface area contributed by atoms with Crippen LogP contribution in [0.4, 0.5) is 5.13 Å². The van der Waals surface area contributed by atoms with Gasteiger partial charge in [-0.15, -0.1) is 11.3 Å². The molecule has 2 rings (SSSR count). The Morgan fingerprint density at radius 2 is 2.14 bits per heavy atom. The summed E-state index contributed by atoms with van der Waals surface area (Å²) in [5.74, 6) is 0. The van der Waals surface area contributed by atoms with E-state index in [0.717, 1.165) is 6.54 Å². The summed E-state index contributed by atoms with van der Waals surface area (Å²) in [5.41, 5.74) is 5.61. The van der Waals surface area contributed by atoms with Gasteiger partial charge in [-0.3, -0.25) is 4.90 Å². The van der Waals surface area contributed by atoms with Crippen molar-refractivity contribution in [1.82, 2.24) is 9.88 Å². The molecule has 2 unspecified atom stereocenters. The van der Waals surface area contributed by atoms with Crippen molar-refractivity contribution in [3.05, 3.63) is 11.1 Å². The Labute approximate surface area is 88.9 Å². The Morgan fingerprint density at radius 3 is 2.64 bits per heavy atom. The molecule has 1 aromatic rings. The molecule has 3 nitrogen and oxygen atoms in total. The van der Waals surface area contributed by atoms with Crippen LogP contribution in [0.5, 0.6) is 0 Å². The van der Waals surface area contributed by atoms with Gasteiger partial charge in [0.05, 0.1) is 0 Å². The minimum absolute atomic E-state index is 0.680. The maximum atomic E-state index is 5.61. The zero-order valence-corrected chi connectivity index (χ0v) is 9.55. The van der Waals surface area contributed by atoms with Crippen molar-refractivity contribution >= 4 is 16.5 Å². The first kappa shape index (κ1) is 9.93. The van der Waals surface area contributed by atoms with E-state index in [1.807, 2.05) is 6.20 Å². The van der Waals surface area contributed by atoms with Crippen molar-refractivity contribution < 1.29 is 0 Å². The first-order valence-electron chi connectivity index (χ1n) is 5.12. The standard InChI is InChI=1S/C10H17N3S/c1-7-3-4-8(2)13(7)6-9-5-12-10(11)14-9/h5,7-8H,3-4,6H2,1-2H3,(H2,11,12). The smallest absolute Gasteiger partial charge is 0.180 e. The molecule has 1 fully saturated rings. The molecule has 0 aromatic carbocycles. The Hall–Kier alpha value is -0.610. The molecule has 0 spiro atoms. The van der Waals surface area contributed by atoms with E-state index in [2.05, 4.69) is 23.7 Å². The molecule has 1 aliphatic heterocycles. The van der Waals surface area contributed by atoms with E-state index in [-0.39, 0.29) is 0 Å². The van der Waals surface area contributed by atoms with E-state index in [1.165, 1.54) is 17.7 Å². The summed E-state index contributed by atoms with van der Waals surface area (Å²) in [6, 6.07) is 1.40. The lowest BCUT2D eigenvalue weighted by Crippen LogP contribution is -2.31. The van der Waals surface area contributed by atoms with Crippen LogP contribution in [0.2, 0.25) is 0 Å². The van der Waals surface area contributed by atoms with Crippen LogP contribution >= 0.6 is 11.3 Å². The van der Waals surface area contributed by atoms with E-state index in [0.29, 0.717) is 17.2 Å². The quantitative estimate of drug-likeness (QED) is 0.814. The normalized spacial score (nSPS) is 28.4. The maximum Gasteiger partial charge on any atom is 0.180 e. The van der Waals surface area contributed by atoms with Crippen LogP contribution in [-0.4, -0.2) is 22.0 Å². The van der Waals surface area contributed by atoms with Gasteiger partial charge in [-0.2, -0.15) is 0 Å². The molecule has 2 N–H and O–H groups in total. The number of hydrogen-bond acceptors (Lipinski definition) is 4. The van der Waals surface area contributed by atoms with E-state index in [9.17, 15) is 0 Å². The van der Waals surface area contributed by atoms with Crippen LogP contribution in [0.15, 0.2) is 6.20 Å². The predicted octanol–water partition coefficient (Wildman–Crippen LogP) is 2.10. The topological polar surface area (TPSA) is 42.2 Å². The number of anilines is 1. The average molecular weight is 211 g/mol. The number of rotatable bonds is 2. The summed E-state index contributed by atoms with van der Waals surface area (Å²) in [5, 5.41) is 0.680. The summed E-state index contributed by atoms with van der Waals surface area (Å²) in [4.78, 5) is 7.89. The number of thiazole rings is 1. The zero-order chi connectivity index (χ0) is 10.1. The highest BCUT2D eigenvalue weighted by atomic mass is 32.1. The Bertz CT molecular complexity index is 300. The minimum atomic E-state index is 0.680. The van der Waals surface area contributed by atoms with Crippen LogP contribution in [0.3, 0.4) is 0 Å². The van der Waals surface area contributed by atoms with Crippen LogP contribution in [-0.2, 0) is 6.54 Å². The SMILES string of the molecule is CC1CCC(C)N1Cc1cnc(N)s1. The highest BCUT2D eigenvalue weighted by molar-refractivity contribution is 7.15. The fourth-order valence-corrected chi connectivity index (χ4v) is 2.83. The zero-order valence-electron chi connectivity index (χ0n) is 8.73. The molecular formula is C10H17N3S. The van der Waals surface area contributed by atoms with Crippen LogP contribution in [0, 0.1) is 0 Å². The third kappa shape index (κ3) is 1.91. The van der Waals surface area contributed by atoms with Gasteiger partial charge in [0.2, 0.25) is 0 Å². The monoisotopic (exact) mass is 211 g/mol. The highest BCUT2D eigenvalue weighted by Crippen LogP contribution is 2.27. The number of nitrogens with zero attached hydrogens (tertiary/aromatic N) is 2. The number of aromatic nitrogens is 1. The molecular weight excluding hydrogens is 194 g/mol. The molecule has 0 radical (unpaired) electrons. The summed E-state index contributed by atoms with van der Waals surface area (Å²) in [6.07, 6.45) is 4.53. The van der Waals surface area contributed by atoms with Crippen LogP contribution in [0.25, 0.3) is 0 Å². The fraction of sp³-hybridized carbons (Fsp3) is 0.700. The van der Waals surface area contributed by atoms with Crippen LogP contribution in [0.1, 0.15) is 31.6 Å². The second-order valence-corrected chi connectivity index (χ2v) is 5.26. The van der Waals surface area contributed by atoms with Crippen molar-refractivity contribution in [2.45, 2.75) is 45.3 Å². The number of nitrogens with two attached hydrogens (primary N) is 1. The van der Waals surface area contributed by atoms with Gasteiger partial charge >= 0.3 is 0 Å². The summed E-state index contributed by atoms with van der Waals surface area (Å²) < 4.78 is 0. The molecule has 4 heteroatoms. The maximum absolute atomic E-state index is 5.61. The lowest BCUT2D eigenvalue weighted by Gasteiger charge is -2.24. The van der Waals surface area contributed by atoms with Crippen molar-refractivity contribution in [2.24, 2.45) is 0 Å². The molecule has 0 amide bonds. The molecule has 0 bridgehead atoms. The number of likely N-dealkylation sites (tertiary alicyclic amines) is 1. The molecule has 1 aliphatic rings. The molecule has 0 aliphatic carbocycles. The van der Waals surface area contributed by atoms with Gasteiger partial charge in [0.1, 0.15) is 0 Å². The van der Waals surface area contributed by atoms with Gasteiger partial charge in [0.15, 0.2) is 5.13 Å². The molecule has 2 atom stereocenters. The second kappa shape index (κ2) is 3.87. The van der Waals surface area contributed by atoms with Crippen molar-refractivity contribution in [3.8, 4) is 0 Å². The van der Waals surface area contributed by atoms with E-state index >= 15 is 0 Å². The van der Waals surface area contributed by atoms with E-state index in [4.69, 9.17) is 5.73 Å².